The fourth-order valence-electron chi connectivity index (χ4n) is 2.01. The predicted molar refractivity (Wildman–Crippen MR) is 110 cm³/mol. The van der Waals surface area contributed by atoms with Crippen molar-refractivity contribution in [1.82, 2.24) is 16.0 Å². The molecule has 7 heteroatoms. The Morgan fingerprint density at radius 2 is 1.83 bits per heavy atom. The lowest BCUT2D eigenvalue weighted by Gasteiger charge is -2.22. The Kier molecular flexibility index (Phi) is 12.4. The lowest BCUT2D eigenvalue weighted by atomic mass is 9.92. The molecule has 1 saturated carbocycles. The molecule has 1 aliphatic rings. The summed E-state index contributed by atoms with van der Waals surface area (Å²) in [7, 11) is 0. The van der Waals surface area contributed by atoms with E-state index < -0.39 is 5.41 Å². The second kappa shape index (κ2) is 12.7. The second-order valence-corrected chi connectivity index (χ2v) is 6.74. The number of guanidine groups is 1. The minimum Gasteiger partial charge on any atom is -0.381 e. The van der Waals surface area contributed by atoms with E-state index in [-0.39, 0.29) is 29.9 Å². The van der Waals surface area contributed by atoms with Crippen LogP contribution in [0.4, 0.5) is 0 Å². The number of carbonyl (C=O) groups is 1. The van der Waals surface area contributed by atoms with Gasteiger partial charge >= 0.3 is 0 Å². The number of hydrogen-bond donors (Lipinski definition) is 3. The summed E-state index contributed by atoms with van der Waals surface area (Å²) in [5.74, 6) is 1.61. The van der Waals surface area contributed by atoms with E-state index >= 15 is 0 Å². The number of nitrogens with zero attached hydrogens (tertiary/aromatic N) is 1. The average molecular weight is 454 g/mol. The van der Waals surface area contributed by atoms with Crippen LogP contribution in [0.5, 0.6) is 0 Å². The fraction of sp³-hybridized carbons (Fsp3) is 0.882. The van der Waals surface area contributed by atoms with E-state index in [2.05, 4.69) is 20.9 Å². The van der Waals surface area contributed by atoms with Gasteiger partial charge in [0.25, 0.3) is 0 Å². The van der Waals surface area contributed by atoms with Crippen molar-refractivity contribution >= 4 is 35.8 Å². The Bertz CT molecular complexity index is 385. The fourth-order valence-corrected chi connectivity index (χ4v) is 2.01. The molecule has 0 spiro atoms. The Balaban J connectivity index is 0.00000529. The predicted octanol–water partition coefficient (Wildman–Crippen LogP) is 2.14. The van der Waals surface area contributed by atoms with Gasteiger partial charge in [-0.05, 0) is 52.9 Å². The third-order valence-electron chi connectivity index (χ3n) is 3.74. The summed E-state index contributed by atoms with van der Waals surface area (Å²) in [6.07, 6.45) is 3.62. The molecule has 0 bridgehead atoms. The molecule has 1 rings (SSSR count). The van der Waals surface area contributed by atoms with Crippen LogP contribution in [-0.2, 0) is 9.53 Å². The van der Waals surface area contributed by atoms with Gasteiger partial charge in [-0.2, -0.15) is 0 Å². The van der Waals surface area contributed by atoms with E-state index in [4.69, 9.17) is 4.74 Å². The molecule has 142 valence electrons. The highest BCUT2D eigenvalue weighted by molar-refractivity contribution is 14.0. The second-order valence-electron chi connectivity index (χ2n) is 6.74. The van der Waals surface area contributed by atoms with Crippen LogP contribution in [-0.4, -0.2) is 51.3 Å². The number of ether oxygens (including phenoxy) is 1. The van der Waals surface area contributed by atoms with E-state index in [0.29, 0.717) is 13.1 Å². The van der Waals surface area contributed by atoms with E-state index in [1.165, 1.54) is 12.8 Å². The minimum absolute atomic E-state index is 0. The number of carbonyl (C=O) groups excluding carboxylic acids is 1. The number of rotatable bonds is 11. The average Bonchev–Trinajstić information content (AvgIpc) is 3.32. The summed E-state index contributed by atoms with van der Waals surface area (Å²) >= 11 is 0. The van der Waals surface area contributed by atoms with Crippen LogP contribution in [0.1, 0.15) is 47.0 Å². The van der Waals surface area contributed by atoms with Crippen molar-refractivity contribution in [2.75, 3.05) is 39.4 Å². The molecule has 0 unspecified atom stereocenters. The van der Waals surface area contributed by atoms with Gasteiger partial charge in [0.2, 0.25) is 5.91 Å². The van der Waals surface area contributed by atoms with Gasteiger partial charge in [0.15, 0.2) is 5.96 Å². The zero-order valence-corrected chi connectivity index (χ0v) is 17.9. The number of amides is 1. The van der Waals surface area contributed by atoms with E-state index in [0.717, 1.165) is 44.6 Å². The lowest BCUT2D eigenvalue weighted by molar-refractivity contribution is -0.128. The molecule has 0 heterocycles. The standard InChI is InChI=1S/C17H34N4O2.HI/c1-5-18-15(22)17(3,4)13-21-16(19-6-2)20-10-7-11-23-12-14-8-9-14;/h14H,5-13H2,1-4H3,(H,18,22)(H2,19,20,21);1H. The molecule has 3 N–H and O–H groups in total. The molecular weight excluding hydrogens is 419 g/mol. The first-order valence-corrected chi connectivity index (χ1v) is 8.87. The summed E-state index contributed by atoms with van der Waals surface area (Å²) in [6.45, 7) is 12.2. The first kappa shape index (κ1) is 23.4. The van der Waals surface area contributed by atoms with E-state index in [1.807, 2.05) is 27.7 Å². The third kappa shape index (κ3) is 10.3. The van der Waals surface area contributed by atoms with E-state index in [9.17, 15) is 4.79 Å². The van der Waals surface area contributed by atoms with Crippen molar-refractivity contribution in [3.05, 3.63) is 0 Å². The summed E-state index contributed by atoms with van der Waals surface area (Å²) in [4.78, 5) is 16.5. The Labute approximate surface area is 164 Å². The molecule has 0 aromatic carbocycles. The number of aliphatic imine (C=N–C) groups is 1. The highest BCUT2D eigenvalue weighted by Crippen LogP contribution is 2.28. The van der Waals surface area contributed by atoms with Crippen LogP contribution in [0.2, 0.25) is 0 Å². The van der Waals surface area contributed by atoms with Crippen LogP contribution in [0, 0.1) is 11.3 Å². The zero-order chi connectivity index (χ0) is 17.1. The molecule has 24 heavy (non-hydrogen) atoms. The largest absolute Gasteiger partial charge is 0.381 e. The molecule has 1 fully saturated rings. The van der Waals surface area contributed by atoms with Crippen molar-refractivity contribution in [2.24, 2.45) is 16.3 Å². The molecule has 0 aromatic heterocycles. The molecule has 0 aliphatic heterocycles. The number of nitrogens with one attached hydrogen (secondary N) is 3. The third-order valence-corrected chi connectivity index (χ3v) is 3.74. The van der Waals surface area contributed by atoms with Gasteiger partial charge in [-0.3, -0.25) is 9.79 Å². The molecule has 0 atom stereocenters. The van der Waals surface area contributed by atoms with E-state index in [1.54, 1.807) is 0 Å². The Morgan fingerprint density at radius 1 is 1.17 bits per heavy atom. The Morgan fingerprint density at radius 3 is 2.42 bits per heavy atom. The maximum atomic E-state index is 12.0. The normalized spacial score (nSPS) is 14.8. The van der Waals surface area contributed by atoms with Crippen LogP contribution in [0.3, 0.4) is 0 Å². The number of halogens is 1. The van der Waals surface area contributed by atoms with Gasteiger partial charge in [0.1, 0.15) is 0 Å². The van der Waals surface area contributed by atoms with Gasteiger partial charge in [-0.25, -0.2) is 0 Å². The van der Waals surface area contributed by atoms with Crippen LogP contribution < -0.4 is 16.0 Å². The maximum Gasteiger partial charge on any atom is 0.227 e. The zero-order valence-electron chi connectivity index (χ0n) is 15.6. The van der Waals surface area contributed by atoms with Gasteiger partial charge in [-0.1, -0.05) is 0 Å². The van der Waals surface area contributed by atoms with Crippen LogP contribution in [0.25, 0.3) is 0 Å². The summed E-state index contributed by atoms with van der Waals surface area (Å²) in [5.41, 5.74) is -0.508. The minimum atomic E-state index is -0.508. The summed E-state index contributed by atoms with van der Waals surface area (Å²) in [5, 5.41) is 9.36. The first-order chi connectivity index (χ1) is 11.0. The van der Waals surface area contributed by atoms with Crippen molar-refractivity contribution < 1.29 is 9.53 Å². The molecular formula is C17H35IN4O2. The van der Waals surface area contributed by atoms with Gasteiger partial charge in [-0.15, -0.1) is 24.0 Å². The van der Waals surface area contributed by atoms with Gasteiger partial charge in [0.05, 0.1) is 12.0 Å². The smallest absolute Gasteiger partial charge is 0.227 e. The monoisotopic (exact) mass is 454 g/mol. The lowest BCUT2D eigenvalue weighted by Crippen LogP contribution is -2.42. The Hall–Kier alpha value is -0.570. The quantitative estimate of drug-likeness (QED) is 0.194. The topological polar surface area (TPSA) is 74.8 Å². The molecule has 0 aromatic rings. The summed E-state index contributed by atoms with van der Waals surface area (Å²) in [6, 6.07) is 0. The van der Waals surface area contributed by atoms with Gasteiger partial charge in [0, 0.05) is 32.8 Å². The molecule has 6 nitrogen and oxygen atoms in total. The highest BCUT2D eigenvalue weighted by Gasteiger charge is 2.26. The number of hydrogen-bond acceptors (Lipinski definition) is 3. The van der Waals surface area contributed by atoms with Crippen LogP contribution in [0.15, 0.2) is 4.99 Å². The SMILES string of the molecule is CCNC(=O)C(C)(C)CN=C(NCC)NCCCOCC1CC1.I. The van der Waals surface area contributed by atoms with Crippen molar-refractivity contribution in [1.29, 1.82) is 0 Å². The van der Waals surface area contributed by atoms with Crippen LogP contribution >= 0.6 is 24.0 Å². The molecule has 1 amide bonds. The molecule has 1 aliphatic carbocycles. The van der Waals surface area contributed by atoms with Gasteiger partial charge < -0.3 is 20.7 Å². The maximum absolute atomic E-state index is 12.0. The highest BCUT2D eigenvalue weighted by atomic mass is 127. The molecule has 0 saturated heterocycles. The van der Waals surface area contributed by atoms with Crippen molar-refractivity contribution in [3.8, 4) is 0 Å². The molecule has 0 radical (unpaired) electrons. The van der Waals surface area contributed by atoms with Crippen molar-refractivity contribution in [3.63, 3.8) is 0 Å². The first-order valence-electron chi connectivity index (χ1n) is 8.87. The summed E-state index contributed by atoms with van der Waals surface area (Å²) < 4.78 is 5.62. The van der Waals surface area contributed by atoms with Crippen molar-refractivity contribution in [2.45, 2.75) is 47.0 Å².